The van der Waals surface area contributed by atoms with Gasteiger partial charge in [-0.1, -0.05) is 6.07 Å². The van der Waals surface area contributed by atoms with Crippen LogP contribution in [0.15, 0.2) is 29.0 Å². The number of rotatable bonds is 2. The number of hydrogen-bond donors (Lipinski definition) is 1. The summed E-state index contributed by atoms with van der Waals surface area (Å²) in [6.07, 6.45) is 1.32. The lowest BCUT2D eigenvalue weighted by Crippen LogP contribution is -2.01. The summed E-state index contributed by atoms with van der Waals surface area (Å²) in [5.41, 5.74) is 1.22. The average molecular weight is 282 g/mol. The second-order valence-corrected chi connectivity index (χ2v) is 3.99. The molecule has 2 rings (SSSR count). The van der Waals surface area contributed by atoms with Gasteiger partial charge in [0.1, 0.15) is 15.9 Å². The fraction of sp³-hybridized carbons (Fsp3) is 0.100. The number of halogens is 1. The van der Waals surface area contributed by atoms with Gasteiger partial charge in [0.25, 0.3) is 0 Å². The standard InChI is InChI=1S/C10H8BrN3O2/c1-14-9(6(5-12-14)10(15)16)7-3-2-4-8(11)13-7/h2-5H,1H3,(H,15,16). The second kappa shape index (κ2) is 4.05. The third kappa shape index (κ3) is 1.83. The zero-order valence-corrected chi connectivity index (χ0v) is 9.97. The maximum Gasteiger partial charge on any atom is 0.339 e. The summed E-state index contributed by atoms with van der Waals surface area (Å²) in [6.45, 7) is 0. The van der Waals surface area contributed by atoms with Crippen molar-refractivity contribution in [2.45, 2.75) is 0 Å². The Hall–Kier alpha value is -1.69. The zero-order chi connectivity index (χ0) is 11.7. The number of aryl methyl sites for hydroxylation is 1. The van der Waals surface area contributed by atoms with Crippen LogP contribution >= 0.6 is 15.9 Å². The number of nitrogens with zero attached hydrogens (tertiary/aromatic N) is 3. The number of aromatic nitrogens is 3. The van der Waals surface area contributed by atoms with E-state index in [-0.39, 0.29) is 5.56 Å². The first-order valence-corrected chi connectivity index (χ1v) is 5.27. The fourth-order valence-electron chi connectivity index (χ4n) is 1.44. The lowest BCUT2D eigenvalue weighted by atomic mass is 10.2. The minimum absolute atomic E-state index is 0.146. The largest absolute Gasteiger partial charge is 0.478 e. The van der Waals surface area contributed by atoms with Gasteiger partial charge in [-0.25, -0.2) is 9.78 Å². The Morgan fingerprint density at radius 1 is 1.50 bits per heavy atom. The van der Waals surface area contributed by atoms with Crippen molar-refractivity contribution >= 4 is 21.9 Å². The smallest absolute Gasteiger partial charge is 0.339 e. The Labute approximate surface area is 99.9 Å². The van der Waals surface area contributed by atoms with E-state index in [4.69, 9.17) is 5.11 Å². The van der Waals surface area contributed by atoms with Crippen LogP contribution in [0.2, 0.25) is 0 Å². The van der Waals surface area contributed by atoms with Crippen LogP contribution < -0.4 is 0 Å². The molecule has 5 nitrogen and oxygen atoms in total. The lowest BCUT2D eigenvalue weighted by molar-refractivity contribution is 0.0697. The molecule has 0 bridgehead atoms. The maximum atomic E-state index is 11.0. The van der Waals surface area contributed by atoms with Gasteiger partial charge in [0.15, 0.2) is 0 Å². The van der Waals surface area contributed by atoms with E-state index in [1.165, 1.54) is 10.9 Å². The minimum atomic E-state index is -1.01. The summed E-state index contributed by atoms with van der Waals surface area (Å²) in [7, 11) is 1.68. The van der Waals surface area contributed by atoms with E-state index in [2.05, 4.69) is 26.0 Å². The molecule has 82 valence electrons. The zero-order valence-electron chi connectivity index (χ0n) is 8.38. The van der Waals surface area contributed by atoms with Gasteiger partial charge in [-0.05, 0) is 28.1 Å². The van der Waals surface area contributed by atoms with Crippen molar-refractivity contribution in [2.75, 3.05) is 0 Å². The highest BCUT2D eigenvalue weighted by molar-refractivity contribution is 9.10. The Morgan fingerprint density at radius 3 is 2.88 bits per heavy atom. The Bertz CT molecular complexity index is 551. The molecule has 0 aromatic carbocycles. The van der Waals surface area contributed by atoms with E-state index in [1.54, 1.807) is 25.2 Å². The summed E-state index contributed by atoms with van der Waals surface area (Å²) in [6, 6.07) is 5.32. The molecule has 1 N–H and O–H groups in total. The number of aromatic carboxylic acids is 1. The third-order valence-electron chi connectivity index (χ3n) is 2.13. The molecular formula is C10H8BrN3O2. The minimum Gasteiger partial charge on any atom is -0.478 e. The molecule has 0 aliphatic rings. The third-order valence-corrected chi connectivity index (χ3v) is 2.57. The van der Waals surface area contributed by atoms with Gasteiger partial charge < -0.3 is 5.11 Å². The van der Waals surface area contributed by atoms with Gasteiger partial charge in [-0.2, -0.15) is 5.10 Å². The molecule has 0 atom stereocenters. The molecular weight excluding hydrogens is 274 g/mol. The first-order valence-electron chi connectivity index (χ1n) is 4.48. The summed E-state index contributed by atoms with van der Waals surface area (Å²) < 4.78 is 2.15. The van der Waals surface area contributed by atoms with Crippen molar-refractivity contribution in [3.05, 3.63) is 34.6 Å². The van der Waals surface area contributed by atoms with E-state index in [0.717, 1.165) is 0 Å². The molecule has 0 saturated carbocycles. The summed E-state index contributed by atoms with van der Waals surface area (Å²) in [5, 5.41) is 12.9. The fourth-order valence-corrected chi connectivity index (χ4v) is 1.78. The number of carboxylic acid groups (broad SMARTS) is 1. The van der Waals surface area contributed by atoms with E-state index >= 15 is 0 Å². The van der Waals surface area contributed by atoms with Crippen molar-refractivity contribution in [1.29, 1.82) is 0 Å². The number of carbonyl (C=O) groups is 1. The molecule has 0 fully saturated rings. The van der Waals surface area contributed by atoms with Crippen LogP contribution in [0.1, 0.15) is 10.4 Å². The molecule has 6 heteroatoms. The summed E-state index contributed by atoms with van der Waals surface area (Å²) >= 11 is 3.25. The first kappa shape index (κ1) is 10.8. The number of hydrogen-bond acceptors (Lipinski definition) is 3. The van der Waals surface area contributed by atoms with Crippen LogP contribution in [-0.4, -0.2) is 25.8 Å². The van der Waals surface area contributed by atoms with Crippen LogP contribution in [0.5, 0.6) is 0 Å². The summed E-state index contributed by atoms with van der Waals surface area (Å²) in [4.78, 5) is 15.2. The highest BCUT2D eigenvalue weighted by atomic mass is 79.9. The Balaban J connectivity index is 2.63. The van der Waals surface area contributed by atoms with Gasteiger partial charge in [0.2, 0.25) is 0 Å². The van der Waals surface area contributed by atoms with Crippen LogP contribution in [0.4, 0.5) is 0 Å². The molecule has 0 aliphatic carbocycles. The van der Waals surface area contributed by atoms with Crippen LogP contribution in [-0.2, 0) is 7.05 Å². The quantitative estimate of drug-likeness (QED) is 0.855. The summed E-state index contributed by atoms with van der Waals surface area (Å²) in [5.74, 6) is -1.01. The van der Waals surface area contributed by atoms with Crippen molar-refractivity contribution in [3.8, 4) is 11.4 Å². The van der Waals surface area contributed by atoms with E-state index in [9.17, 15) is 4.79 Å². The van der Waals surface area contributed by atoms with Gasteiger partial charge >= 0.3 is 5.97 Å². The van der Waals surface area contributed by atoms with Crippen LogP contribution in [0.3, 0.4) is 0 Å². The van der Waals surface area contributed by atoms with E-state index in [0.29, 0.717) is 16.0 Å². The van der Waals surface area contributed by atoms with Gasteiger partial charge in [0.05, 0.1) is 11.9 Å². The van der Waals surface area contributed by atoms with Crippen molar-refractivity contribution in [1.82, 2.24) is 14.8 Å². The second-order valence-electron chi connectivity index (χ2n) is 3.18. The molecule has 0 unspecified atom stereocenters. The number of carboxylic acids is 1. The Morgan fingerprint density at radius 2 is 2.25 bits per heavy atom. The number of pyridine rings is 1. The normalized spacial score (nSPS) is 10.4. The molecule has 2 aromatic rings. The SMILES string of the molecule is Cn1ncc(C(=O)O)c1-c1cccc(Br)n1. The molecule has 0 radical (unpaired) electrons. The Kier molecular flexibility index (Phi) is 2.74. The molecule has 0 aliphatic heterocycles. The van der Waals surface area contributed by atoms with E-state index in [1.807, 2.05) is 0 Å². The molecule has 2 aromatic heterocycles. The average Bonchev–Trinajstić information content (AvgIpc) is 2.60. The predicted octanol–water partition coefficient (Wildman–Crippen LogP) is 1.94. The lowest BCUT2D eigenvalue weighted by Gasteiger charge is -2.03. The first-order chi connectivity index (χ1) is 7.59. The molecule has 16 heavy (non-hydrogen) atoms. The van der Waals surface area contributed by atoms with Crippen molar-refractivity contribution in [3.63, 3.8) is 0 Å². The van der Waals surface area contributed by atoms with Gasteiger partial charge in [-0.3, -0.25) is 4.68 Å². The van der Waals surface area contributed by atoms with Gasteiger partial charge in [-0.15, -0.1) is 0 Å². The molecule has 0 saturated heterocycles. The topological polar surface area (TPSA) is 68.0 Å². The molecule has 0 amide bonds. The van der Waals surface area contributed by atoms with E-state index < -0.39 is 5.97 Å². The van der Waals surface area contributed by atoms with Crippen molar-refractivity contribution in [2.24, 2.45) is 7.05 Å². The highest BCUT2D eigenvalue weighted by Crippen LogP contribution is 2.22. The molecule has 0 spiro atoms. The van der Waals surface area contributed by atoms with Crippen molar-refractivity contribution < 1.29 is 9.90 Å². The molecule has 2 heterocycles. The highest BCUT2D eigenvalue weighted by Gasteiger charge is 2.17. The van der Waals surface area contributed by atoms with Crippen LogP contribution in [0.25, 0.3) is 11.4 Å². The monoisotopic (exact) mass is 281 g/mol. The maximum absolute atomic E-state index is 11.0. The predicted molar refractivity (Wildman–Crippen MR) is 61.1 cm³/mol. The van der Waals surface area contributed by atoms with Gasteiger partial charge in [0, 0.05) is 7.05 Å². The van der Waals surface area contributed by atoms with Crippen LogP contribution in [0, 0.1) is 0 Å².